The molecule has 0 aromatic heterocycles. The third kappa shape index (κ3) is 4.76. The lowest BCUT2D eigenvalue weighted by molar-refractivity contribution is -0.152. The monoisotopic (exact) mass is 537 g/mol. The second-order valence-electron chi connectivity index (χ2n) is 10.6. The molecule has 210 valence electrons. The standard InChI is InChI=1S/C30H39N3O6/c1-3-31(4-2)21-12-14-22(15-13-21)32-18-10-16-30-25(24-23(39-30)11-9-20-38-29(24)37)27(35)33(26(30)28(32)36)17-7-5-6-8-19-34/h9-16,23-26,34H,3-8,17-20H2,1-2H3/t23-,24+,25+,26?,30+/m1/s1. The van der Waals surface area contributed by atoms with Gasteiger partial charge < -0.3 is 29.3 Å². The van der Waals surface area contributed by atoms with E-state index in [1.807, 2.05) is 36.4 Å². The van der Waals surface area contributed by atoms with Crippen LogP contribution < -0.4 is 9.80 Å². The smallest absolute Gasteiger partial charge is 0.313 e. The molecule has 1 spiro atoms. The van der Waals surface area contributed by atoms with Crippen molar-refractivity contribution in [2.75, 3.05) is 49.2 Å². The van der Waals surface area contributed by atoms with Crippen LogP contribution in [0.25, 0.3) is 0 Å². The number of likely N-dealkylation sites (tertiary alicyclic amines) is 1. The minimum Gasteiger partial charge on any atom is -0.461 e. The van der Waals surface area contributed by atoms with Gasteiger partial charge in [0.25, 0.3) is 5.91 Å². The van der Waals surface area contributed by atoms with Gasteiger partial charge in [-0.1, -0.05) is 31.1 Å². The first-order valence-corrected chi connectivity index (χ1v) is 14.2. The number of unbranched alkanes of at least 4 members (excludes halogenated alkanes) is 3. The number of ether oxygens (including phenoxy) is 2. The van der Waals surface area contributed by atoms with Crippen LogP contribution in [0.3, 0.4) is 0 Å². The van der Waals surface area contributed by atoms with Crippen LogP contribution in [-0.2, 0) is 23.9 Å². The van der Waals surface area contributed by atoms with E-state index < -0.39 is 35.6 Å². The quantitative estimate of drug-likeness (QED) is 0.278. The predicted molar refractivity (Wildman–Crippen MR) is 147 cm³/mol. The average molecular weight is 538 g/mol. The van der Waals surface area contributed by atoms with E-state index in [1.165, 1.54) is 0 Å². The average Bonchev–Trinajstić information content (AvgIpc) is 3.23. The molecule has 0 radical (unpaired) electrons. The number of esters is 1. The van der Waals surface area contributed by atoms with Crippen molar-refractivity contribution >= 4 is 29.2 Å². The fourth-order valence-electron chi connectivity index (χ4n) is 6.62. The number of amides is 2. The molecule has 1 unspecified atom stereocenters. The Kier molecular flexibility index (Phi) is 8.09. The maximum atomic E-state index is 14.4. The first-order valence-electron chi connectivity index (χ1n) is 14.2. The number of carbonyl (C=O) groups is 3. The molecule has 5 atom stereocenters. The van der Waals surface area contributed by atoms with E-state index in [0.29, 0.717) is 25.9 Å². The third-order valence-corrected chi connectivity index (χ3v) is 8.51. The number of carbonyl (C=O) groups excluding carboxylic acids is 3. The lowest BCUT2D eigenvalue weighted by Gasteiger charge is -2.35. The Labute approximate surface area is 230 Å². The summed E-state index contributed by atoms with van der Waals surface area (Å²) in [5.74, 6) is -2.53. The molecule has 0 bridgehead atoms. The van der Waals surface area contributed by atoms with Crippen molar-refractivity contribution in [3.05, 3.63) is 48.6 Å². The third-order valence-electron chi connectivity index (χ3n) is 8.51. The largest absolute Gasteiger partial charge is 0.461 e. The number of fused-ring (bicyclic) bond motifs is 2. The van der Waals surface area contributed by atoms with Crippen LogP contribution in [0.2, 0.25) is 0 Å². The molecule has 2 amide bonds. The van der Waals surface area contributed by atoms with Gasteiger partial charge in [0.05, 0.1) is 12.0 Å². The molecule has 2 fully saturated rings. The molecule has 1 aromatic rings. The van der Waals surface area contributed by atoms with Crippen LogP contribution in [0.4, 0.5) is 11.4 Å². The van der Waals surface area contributed by atoms with Gasteiger partial charge in [-0.2, -0.15) is 0 Å². The highest BCUT2D eigenvalue weighted by molar-refractivity contribution is 6.05. The number of rotatable bonds is 10. The lowest BCUT2D eigenvalue weighted by atomic mass is 9.78. The first kappa shape index (κ1) is 27.4. The number of hydrogen-bond acceptors (Lipinski definition) is 7. The van der Waals surface area contributed by atoms with Crippen molar-refractivity contribution in [2.24, 2.45) is 11.8 Å². The van der Waals surface area contributed by atoms with Gasteiger partial charge in [0.15, 0.2) is 0 Å². The van der Waals surface area contributed by atoms with Crippen molar-refractivity contribution in [2.45, 2.75) is 57.3 Å². The molecule has 39 heavy (non-hydrogen) atoms. The molecule has 0 saturated carbocycles. The normalized spacial score (nSPS) is 29.6. The molecule has 1 N–H and O–H groups in total. The fraction of sp³-hybridized carbons (Fsp3) is 0.567. The molecule has 9 heteroatoms. The predicted octanol–water partition coefficient (Wildman–Crippen LogP) is 2.68. The fourth-order valence-corrected chi connectivity index (χ4v) is 6.62. The summed E-state index contributed by atoms with van der Waals surface area (Å²) >= 11 is 0. The van der Waals surface area contributed by atoms with Crippen LogP contribution in [0.15, 0.2) is 48.6 Å². The van der Waals surface area contributed by atoms with Crippen LogP contribution in [-0.4, -0.2) is 84.9 Å². The molecule has 5 rings (SSSR count). The van der Waals surface area contributed by atoms with Crippen LogP contribution in [0.1, 0.15) is 39.5 Å². The Morgan fingerprint density at radius 1 is 1.00 bits per heavy atom. The molecule has 2 saturated heterocycles. The number of nitrogens with zero attached hydrogens (tertiary/aromatic N) is 3. The maximum absolute atomic E-state index is 14.4. The number of cyclic esters (lactones) is 1. The zero-order valence-corrected chi connectivity index (χ0v) is 22.8. The minimum absolute atomic E-state index is 0.133. The van der Waals surface area contributed by atoms with E-state index in [9.17, 15) is 14.4 Å². The maximum Gasteiger partial charge on any atom is 0.313 e. The molecular formula is C30H39N3O6. The van der Waals surface area contributed by atoms with Gasteiger partial charge in [0, 0.05) is 44.2 Å². The van der Waals surface area contributed by atoms with Gasteiger partial charge in [0.1, 0.15) is 24.2 Å². The summed E-state index contributed by atoms with van der Waals surface area (Å²) in [5.41, 5.74) is 0.594. The molecule has 1 aromatic carbocycles. The van der Waals surface area contributed by atoms with E-state index >= 15 is 0 Å². The molecule has 4 aliphatic heterocycles. The topological polar surface area (TPSA) is 99.6 Å². The Morgan fingerprint density at radius 3 is 2.46 bits per heavy atom. The highest BCUT2D eigenvalue weighted by atomic mass is 16.6. The number of hydrogen-bond donors (Lipinski definition) is 1. The Hall–Kier alpha value is -3.17. The summed E-state index contributed by atoms with van der Waals surface area (Å²) in [6.07, 6.45) is 9.71. The van der Waals surface area contributed by atoms with Gasteiger partial charge in [-0.15, -0.1) is 0 Å². The minimum atomic E-state index is -1.24. The summed E-state index contributed by atoms with van der Waals surface area (Å²) < 4.78 is 12.0. The highest BCUT2D eigenvalue weighted by Crippen LogP contribution is 2.53. The number of anilines is 2. The van der Waals surface area contributed by atoms with Crippen LogP contribution in [0.5, 0.6) is 0 Å². The van der Waals surface area contributed by atoms with Gasteiger partial charge in [0.2, 0.25) is 5.91 Å². The van der Waals surface area contributed by atoms with Gasteiger partial charge >= 0.3 is 5.97 Å². The second kappa shape index (κ2) is 11.5. The van der Waals surface area contributed by atoms with Crippen molar-refractivity contribution in [1.29, 1.82) is 0 Å². The molecular weight excluding hydrogens is 498 g/mol. The SMILES string of the molecule is CCN(CC)c1ccc(N2CC=C[C@]34O[C@@H]5C=CCOC(=O)[C@@H]5[C@H]3C(=O)N(CCCCCCO)C4C2=O)cc1. The summed E-state index contributed by atoms with van der Waals surface area (Å²) in [4.78, 5) is 47.0. The van der Waals surface area contributed by atoms with Crippen molar-refractivity contribution < 1.29 is 29.0 Å². The van der Waals surface area contributed by atoms with E-state index in [-0.39, 0.29) is 25.0 Å². The first-order chi connectivity index (χ1) is 19.0. The van der Waals surface area contributed by atoms with Crippen molar-refractivity contribution in [1.82, 2.24) is 4.90 Å². The van der Waals surface area contributed by atoms with E-state index in [0.717, 1.165) is 37.3 Å². The highest BCUT2D eigenvalue weighted by Gasteiger charge is 2.71. The lowest BCUT2D eigenvalue weighted by Crippen LogP contribution is -2.55. The van der Waals surface area contributed by atoms with Gasteiger partial charge in [-0.25, -0.2) is 0 Å². The van der Waals surface area contributed by atoms with E-state index in [4.69, 9.17) is 14.6 Å². The van der Waals surface area contributed by atoms with Crippen LogP contribution in [0, 0.1) is 11.8 Å². The molecule has 0 aliphatic carbocycles. The zero-order chi connectivity index (χ0) is 27.6. The summed E-state index contributed by atoms with van der Waals surface area (Å²) in [6.45, 7) is 6.99. The molecule has 4 heterocycles. The number of aliphatic hydroxyl groups is 1. The Bertz CT molecular complexity index is 1130. The van der Waals surface area contributed by atoms with Gasteiger partial charge in [-0.3, -0.25) is 14.4 Å². The number of benzene rings is 1. The van der Waals surface area contributed by atoms with Crippen molar-refractivity contribution in [3.63, 3.8) is 0 Å². The van der Waals surface area contributed by atoms with Crippen molar-refractivity contribution in [3.8, 4) is 0 Å². The Balaban J connectivity index is 1.49. The summed E-state index contributed by atoms with van der Waals surface area (Å²) in [6, 6.07) is 7.05. The zero-order valence-electron chi connectivity index (χ0n) is 22.8. The van der Waals surface area contributed by atoms with E-state index in [1.54, 1.807) is 22.0 Å². The second-order valence-corrected chi connectivity index (χ2v) is 10.6. The van der Waals surface area contributed by atoms with E-state index in [2.05, 4.69) is 18.7 Å². The Morgan fingerprint density at radius 2 is 1.74 bits per heavy atom. The molecule has 9 nitrogen and oxygen atoms in total. The molecule has 4 aliphatic rings. The van der Waals surface area contributed by atoms with Gasteiger partial charge in [-0.05, 0) is 57.0 Å². The van der Waals surface area contributed by atoms with Crippen LogP contribution >= 0.6 is 0 Å². The summed E-state index contributed by atoms with van der Waals surface area (Å²) in [7, 11) is 0. The number of aliphatic hydroxyl groups excluding tert-OH is 1. The summed E-state index contributed by atoms with van der Waals surface area (Å²) in [5, 5.41) is 9.13.